The van der Waals surface area contributed by atoms with E-state index in [4.69, 9.17) is 5.11 Å². The zero-order chi connectivity index (χ0) is 15.7. The van der Waals surface area contributed by atoms with Crippen molar-refractivity contribution in [2.45, 2.75) is 25.4 Å². The van der Waals surface area contributed by atoms with Gasteiger partial charge in [0.15, 0.2) is 15.5 Å². The van der Waals surface area contributed by atoms with Crippen LogP contribution in [0.25, 0.3) is 0 Å². The van der Waals surface area contributed by atoms with E-state index in [9.17, 15) is 18.0 Å². The number of thiazole rings is 1. The van der Waals surface area contributed by atoms with Crippen molar-refractivity contribution < 1.29 is 23.1 Å². The average Bonchev–Trinajstić information content (AvgIpc) is 2.91. The number of urea groups is 1. The number of carbonyl (C=O) groups excluding carboxylic acids is 1. The van der Waals surface area contributed by atoms with E-state index < -0.39 is 27.4 Å². The van der Waals surface area contributed by atoms with E-state index in [1.54, 1.807) is 6.92 Å². The zero-order valence-corrected chi connectivity index (χ0v) is 12.9. The molecule has 10 heteroatoms. The number of hydrogen-bond acceptors (Lipinski definition) is 6. The molecule has 116 valence electrons. The van der Waals surface area contributed by atoms with Crippen LogP contribution in [-0.2, 0) is 16.4 Å². The van der Waals surface area contributed by atoms with E-state index >= 15 is 0 Å². The minimum Gasteiger partial charge on any atom is -0.476 e. The Kier molecular flexibility index (Phi) is 4.19. The smallest absolute Gasteiger partial charge is 0.355 e. The molecule has 1 saturated heterocycles. The Hall–Kier alpha value is -1.68. The summed E-state index contributed by atoms with van der Waals surface area (Å²) in [7, 11) is -3.09. The molecule has 0 aromatic carbocycles. The van der Waals surface area contributed by atoms with E-state index in [0.717, 1.165) is 11.3 Å². The molecule has 1 atom stereocenters. The van der Waals surface area contributed by atoms with E-state index in [0.29, 0.717) is 11.4 Å². The molecule has 1 aliphatic heterocycles. The summed E-state index contributed by atoms with van der Waals surface area (Å²) in [5, 5.41) is 15.8. The maximum atomic E-state index is 11.8. The van der Waals surface area contributed by atoms with Crippen LogP contribution >= 0.6 is 11.3 Å². The number of carboxylic acids is 1. The van der Waals surface area contributed by atoms with Gasteiger partial charge in [-0.05, 0) is 13.3 Å². The van der Waals surface area contributed by atoms with Crippen LogP contribution in [0, 0.1) is 0 Å². The van der Waals surface area contributed by atoms with Gasteiger partial charge in [-0.2, -0.15) is 0 Å². The number of sulfone groups is 1. The fraction of sp³-hybridized carbons (Fsp3) is 0.545. The average molecular weight is 333 g/mol. The SMILES string of the molecule is CC1(NC(=O)NCc2nc(C(=O)O)cs2)CCS(=O)(=O)C1. The molecule has 1 fully saturated rings. The summed E-state index contributed by atoms with van der Waals surface area (Å²) in [4.78, 5) is 26.3. The lowest BCUT2D eigenvalue weighted by Crippen LogP contribution is -2.50. The van der Waals surface area contributed by atoms with Crippen molar-refractivity contribution in [3.05, 3.63) is 16.1 Å². The lowest BCUT2D eigenvalue weighted by molar-refractivity contribution is 0.0691. The molecule has 0 radical (unpaired) electrons. The van der Waals surface area contributed by atoms with Crippen molar-refractivity contribution in [2.75, 3.05) is 11.5 Å². The molecular formula is C11H15N3O5S2. The van der Waals surface area contributed by atoms with Crippen molar-refractivity contribution >= 4 is 33.2 Å². The molecule has 2 heterocycles. The molecule has 1 unspecified atom stereocenters. The molecule has 0 spiro atoms. The van der Waals surface area contributed by atoms with Gasteiger partial charge in [0.25, 0.3) is 0 Å². The molecule has 2 amide bonds. The molecule has 1 aromatic rings. The summed E-state index contributed by atoms with van der Waals surface area (Å²) in [5.41, 5.74) is -0.830. The summed E-state index contributed by atoms with van der Waals surface area (Å²) >= 11 is 1.13. The lowest BCUT2D eigenvalue weighted by atomic mass is 10.0. The highest BCUT2D eigenvalue weighted by Crippen LogP contribution is 2.22. The molecular weight excluding hydrogens is 318 g/mol. The summed E-state index contributed by atoms with van der Waals surface area (Å²) in [6, 6.07) is -0.498. The second-order valence-electron chi connectivity index (χ2n) is 5.14. The first-order valence-corrected chi connectivity index (χ1v) is 8.83. The minimum atomic E-state index is -3.09. The number of aromatic nitrogens is 1. The number of rotatable bonds is 4. The first kappa shape index (κ1) is 15.7. The topological polar surface area (TPSA) is 125 Å². The monoisotopic (exact) mass is 333 g/mol. The molecule has 2 rings (SSSR count). The maximum Gasteiger partial charge on any atom is 0.355 e. The standard InChI is InChI=1S/C11H15N3O5S2/c1-11(2-3-21(18,19)6-11)14-10(17)12-4-8-13-7(5-20-8)9(15)16/h5H,2-4,6H2,1H3,(H,15,16)(H2,12,14,17). The second kappa shape index (κ2) is 5.60. The molecule has 3 N–H and O–H groups in total. The Morgan fingerprint density at radius 3 is 2.76 bits per heavy atom. The summed E-state index contributed by atoms with van der Waals surface area (Å²) in [6.07, 6.45) is 0.378. The van der Waals surface area contributed by atoms with Crippen LogP contribution < -0.4 is 10.6 Å². The third-order valence-electron chi connectivity index (χ3n) is 3.09. The number of amides is 2. The van der Waals surface area contributed by atoms with Crippen LogP contribution in [0.5, 0.6) is 0 Å². The maximum absolute atomic E-state index is 11.8. The molecule has 0 bridgehead atoms. The molecule has 21 heavy (non-hydrogen) atoms. The van der Waals surface area contributed by atoms with Gasteiger partial charge in [-0.1, -0.05) is 0 Å². The third kappa shape index (κ3) is 4.14. The fourth-order valence-corrected chi connectivity index (χ4v) is 4.87. The number of nitrogens with zero attached hydrogens (tertiary/aromatic N) is 1. The largest absolute Gasteiger partial charge is 0.476 e. The van der Waals surface area contributed by atoms with Crippen molar-refractivity contribution in [2.24, 2.45) is 0 Å². The van der Waals surface area contributed by atoms with Crippen molar-refractivity contribution in [3.8, 4) is 0 Å². The number of nitrogens with one attached hydrogen (secondary N) is 2. The van der Waals surface area contributed by atoms with E-state index in [2.05, 4.69) is 15.6 Å². The number of aromatic carboxylic acids is 1. The van der Waals surface area contributed by atoms with Gasteiger partial charge in [0, 0.05) is 5.38 Å². The van der Waals surface area contributed by atoms with E-state index in [1.165, 1.54) is 5.38 Å². The van der Waals surface area contributed by atoms with Gasteiger partial charge in [-0.15, -0.1) is 11.3 Å². The van der Waals surface area contributed by atoms with Gasteiger partial charge in [0.2, 0.25) is 0 Å². The van der Waals surface area contributed by atoms with Crippen LogP contribution in [0.1, 0.15) is 28.8 Å². The highest BCUT2D eigenvalue weighted by Gasteiger charge is 2.39. The van der Waals surface area contributed by atoms with Crippen LogP contribution in [0.15, 0.2) is 5.38 Å². The molecule has 1 aliphatic rings. The van der Waals surface area contributed by atoms with Gasteiger partial charge >= 0.3 is 12.0 Å². The summed E-state index contributed by atoms with van der Waals surface area (Å²) in [5.74, 6) is -1.13. The molecule has 1 aromatic heterocycles. The quantitative estimate of drug-likeness (QED) is 0.723. The zero-order valence-electron chi connectivity index (χ0n) is 11.2. The number of hydrogen-bond donors (Lipinski definition) is 3. The van der Waals surface area contributed by atoms with Crippen molar-refractivity contribution in [1.29, 1.82) is 0 Å². The Morgan fingerprint density at radius 1 is 1.52 bits per heavy atom. The Morgan fingerprint density at radius 2 is 2.24 bits per heavy atom. The fourth-order valence-electron chi connectivity index (χ4n) is 2.07. The summed E-state index contributed by atoms with van der Waals surface area (Å²) in [6.45, 7) is 1.77. The van der Waals surface area contributed by atoms with Gasteiger partial charge in [0.1, 0.15) is 5.01 Å². The molecule has 0 aliphatic carbocycles. The predicted octanol–water partition coefficient (Wildman–Crippen LogP) is 0.218. The van der Waals surface area contributed by atoms with Crippen LogP contribution in [0.3, 0.4) is 0 Å². The van der Waals surface area contributed by atoms with Crippen LogP contribution in [0.2, 0.25) is 0 Å². The third-order valence-corrected chi connectivity index (χ3v) is 5.84. The highest BCUT2D eigenvalue weighted by atomic mass is 32.2. The van der Waals surface area contributed by atoms with Gasteiger partial charge < -0.3 is 15.7 Å². The van der Waals surface area contributed by atoms with Crippen molar-refractivity contribution in [3.63, 3.8) is 0 Å². The van der Waals surface area contributed by atoms with Gasteiger partial charge in [-0.25, -0.2) is 23.0 Å². The highest BCUT2D eigenvalue weighted by molar-refractivity contribution is 7.91. The lowest BCUT2D eigenvalue weighted by Gasteiger charge is -2.23. The Balaban J connectivity index is 1.86. The number of carboxylic acid groups (broad SMARTS) is 1. The Labute approximate surface area is 125 Å². The van der Waals surface area contributed by atoms with Crippen molar-refractivity contribution in [1.82, 2.24) is 15.6 Å². The normalized spacial score (nSPS) is 23.7. The Bertz CT molecular complexity index is 669. The first-order valence-electron chi connectivity index (χ1n) is 6.13. The van der Waals surface area contributed by atoms with Crippen LogP contribution in [-0.4, -0.2) is 47.6 Å². The summed E-state index contributed by atoms with van der Waals surface area (Å²) < 4.78 is 22.9. The predicted molar refractivity (Wildman–Crippen MR) is 76.1 cm³/mol. The molecule has 8 nitrogen and oxygen atoms in total. The van der Waals surface area contributed by atoms with Crippen LogP contribution in [0.4, 0.5) is 4.79 Å². The van der Waals surface area contributed by atoms with E-state index in [1.807, 2.05) is 0 Å². The van der Waals surface area contributed by atoms with Gasteiger partial charge in [-0.3, -0.25) is 0 Å². The molecule has 0 saturated carbocycles. The minimum absolute atomic E-state index is 0.0638. The number of carbonyl (C=O) groups is 2. The van der Waals surface area contributed by atoms with Gasteiger partial charge in [0.05, 0.1) is 23.6 Å². The van der Waals surface area contributed by atoms with E-state index in [-0.39, 0.29) is 23.7 Å². The second-order valence-corrected chi connectivity index (χ2v) is 8.27. The first-order chi connectivity index (χ1) is 9.69.